The number of pyridine rings is 1. The molecule has 16 aromatic carbocycles. The summed E-state index contributed by atoms with van der Waals surface area (Å²) < 4.78 is 24.1. The minimum Gasteiger partial charge on any atom is -0.307 e. The highest BCUT2D eigenvalue weighted by Gasteiger charge is 2.25. The number of thiophene rings is 4. The van der Waals surface area contributed by atoms with Gasteiger partial charge >= 0.3 is 0 Å². The summed E-state index contributed by atoms with van der Waals surface area (Å²) in [4.78, 5) is 27.4. The molecule has 0 aliphatic carbocycles. The highest BCUT2D eigenvalue weighted by Crippen LogP contribution is 2.47. The molecule has 12 aromatic heterocycles. The van der Waals surface area contributed by atoms with Crippen LogP contribution in [0.4, 0.5) is 0 Å². The standard InChI is InChI=1S/2C31H19N3S.C23H14N2S.C21H12N4S/c1-2-10-20(11-3-1)33-27-16-8-6-14-25(27)32-31(33)34-26-15-7-4-12-21(26)23-18-24-22-13-5-9-17-29(22)35-30(24)19-28(23)34;1-2-9-20(10-3-1)33-19-32-31-26(33)14-8-15-27(31)34-25-13-6-4-11-21(25)23-17-24-22-12-5-7-16-29(22)35-30(24)18-28(23)34;1-3-9-19-15(7-1)17-13-18-16-8-2-4-10-21(16)26-22(18)14-20(17)25(19)23-11-5-6-12-24-23;1-3-7-17-13(5-1)15-9-16-14-6-2-4-8-19(14)26-20(16)10-18(15)25(17)21-23-11-22-12-24-21/h2*1-19H;1-14H;1-12H. The van der Waals surface area contributed by atoms with E-state index in [-0.39, 0.29) is 0 Å². The topological polar surface area (TPSA) is 107 Å². The maximum atomic E-state index is 5.18. The lowest BCUT2D eigenvalue weighted by Gasteiger charge is -2.12. The van der Waals surface area contributed by atoms with E-state index in [2.05, 4.69) is 393 Å². The van der Waals surface area contributed by atoms with Crippen LogP contribution in [-0.4, -0.2) is 57.3 Å². The van der Waals surface area contributed by atoms with Crippen LogP contribution >= 0.6 is 45.3 Å². The van der Waals surface area contributed by atoms with Gasteiger partial charge in [-0.25, -0.2) is 29.9 Å². The van der Waals surface area contributed by atoms with E-state index in [1.165, 1.54) is 151 Å². The van der Waals surface area contributed by atoms with Gasteiger partial charge < -0.3 is 4.57 Å². The number of imidazole rings is 2. The zero-order valence-electron chi connectivity index (χ0n) is 64.9. The molecule has 0 bridgehead atoms. The maximum absolute atomic E-state index is 5.18. The van der Waals surface area contributed by atoms with E-state index in [1.54, 1.807) is 12.7 Å². The van der Waals surface area contributed by atoms with Crippen molar-refractivity contribution in [1.82, 2.24) is 57.3 Å². The molecule has 0 N–H and O–H groups in total. The monoisotopic (exact) mass is 1630 g/mol. The van der Waals surface area contributed by atoms with Crippen LogP contribution in [0.15, 0.2) is 389 Å². The fourth-order valence-corrected chi connectivity index (χ4v) is 23.0. The highest BCUT2D eigenvalue weighted by atomic mass is 32.1. The molecule has 0 saturated carbocycles. The molecule has 0 aliphatic rings. The first-order valence-corrected chi connectivity index (χ1v) is 43.8. The molecule has 0 atom stereocenters. The van der Waals surface area contributed by atoms with Crippen molar-refractivity contribution in [2.24, 2.45) is 0 Å². The Morgan fingerprint density at radius 3 is 1.08 bits per heavy atom. The van der Waals surface area contributed by atoms with E-state index in [4.69, 9.17) is 9.97 Å². The predicted octanol–water partition coefficient (Wildman–Crippen LogP) is 28.9. The fraction of sp³-hybridized carbons (Fsp3) is 0. The minimum absolute atomic E-state index is 0.645. The summed E-state index contributed by atoms with van der Waals surface area (Å²) in [6, 6.07) is 130. The molecule has 0 saturated heterocycles. The van der Waals surface area contributed by atoms with Crippen LogP contribution in [0.25, 0.3) is 225 Å². The molecule has 122 heavy (non-hydrogen) atoms. The Labute approximate surface area is 711 Å². The van der Waals surface area contributed by atoms with Gasteiger partial charge in [0.1, 0.15) is 30.3 Å². The van der Waals surface area contributed by atoms with E-state index < -0.39 is 0 Å². The van der Waals surface area contributed by atoms with Crippen molar-refractivity contribution in [3.63, 3.8) is 0 Å². The van der Waals surface area contributed by atoms with Gasteiger partial charge in [-0.1, -0.05) is 206 Å². The lowest BCUT2D eigenvalue weighted by atomic mass is 10.1. The highest BCUT2D eigenvalue weighted by molar-refractivity contribution is 7.27. The Morgan fingerprint density at radius 1 is 0.221 bits per heavy atom. The zero-order valence-corrected chi connectivity index (χ0v) is 68.2. The third-order valence-electron chi connectivity index (χ3n) is 23.8. The number of hydrogen-bond donors (Lipinski definition) is 0. The molecular weight excluding hydrogens is 1570 g/mol. The first kappa shape index (κ1) is 69.8. The van der Waals surface area contributed by atoms with Crippen molar-refractivity contribution in [3.8, 4) is 34.8 Å². The molecule has 0 aliphatic heterocycles. The first-order chi connectivity index (χ1) is 60.5. The van der Waals surface area contributed by atoms with Gasteiger partial charge in [0.15, 0.2) is 0 Å². The van der Waals surface area contributed by atoms with E-state index in [0.717, 1.165) is 67.4 Å². The Balaban J connectivity index is 0.0000000905. The van der Waals surface area contributed by atoms with E-state index in [1.807, 2.05) is 76.1 Å². The summed E-state index contributed by atoms with van der Waals surface area (Å²) >= 11 is 7.40. The van der Waals surface area contributed by atoms with Crippen LogP contribution in [0.2, 0.25) is 0 Å². The van der Waals surface area contributed by atoms with Crippen molar-refractivity contribution in [2.45, 2.75) is 0 Å². The van der Waals surface area contributed by atoms with Crippen molar-refractivity contribution >= 4 is 235 Å². The summed E-state index contributed by atoms with van der Waals surface area (Å²) in [7, 11) is 0. The zero-order chi connectivity index (χ0) is 80.0. The van der Waals surface area contributed by atoms with E-state index in [9.17, 15) is 0 Å². The number of para-hydroxylation sites is 9. The Morgan fingerprint density at radius 2 is 0.598 bits per heavy atom. The summed E-state index contributed by atoms with van der Waals surface area (Å²) in [5.41, 5.74) is 16.9. The van der Waals surface area contributed by atoms with Crippen LogP contribution in [0.1, 0.15) is 0 Å². The van der Waals surface area contributed by atoms with Crippen LogP contribution in [0.3, 0.4) is 0 Å². The summed E-state index contributed by atoms with van der Waals surface area (Å²) in [5.74, 6) is 2.51. The number of rotatable bonds is 6. The van der Waals surface area contributed by atoms with Gasteiger partial charge in [0.2, 0.25) is 11.9 Å². The SMILES string of the molecule is c1ccc(-n2c(-n3c4ccccc4c4cc5c(cc43)sc3ccccc35)nc3ccccc32)cc1.c1ccc(-n2c3ccccc3c3cc4c(cc32)sc2ccccc24)nc1.c1ccc(-n2cnc3c(-n4c5ccccc5c5cc6c(cc54)sc4ccccc46)cccc32)cc1.c1ccc2c(c1)sc1cc3c(cc12)c1ccccc1n3-c1ncncn1. The second-order valence-electron chi connectivity index (χ2n) is 30.6. The quantitative estimate of drug-likeness (QED) is 0.164. The van der Waals surface area contributed by atoms with Gasteiger partial charge in [-0.2, -0.15) is 0 Å². The van der Waals surface area contributed by atoms with Crippen molar-refractivity contribution in [1.29, 1.82) is 0 Å². The first-order valence-electron chi connectivity index (χ1n) is 40.5. The van der Waals surface area contributed by atoms with E-state index >= 15 is 0 Å². The third-order valence-corrected chi connectivity index (χ3v) is 28.4. The van der Waals surface area contributed by atoms with Gasteiger partial charge in [0, 0.05) is 141 Å². The van der Waals surface area contributed by atoms with Gasteiger partial charge in [-0.3, -0.25) is 22.8 Å². The molecular formula is C106H64N12S4. The van der Waals surface area contributed by atoms with Gasteiger partial charge in [-0.15, -0.1) is 45.3 Å². The minimum atomic E-state index is 0.645. The Hall–Kier alpha value is -15.3. The van der Waals surface area contributed by atoms with Crippen LogP contribution < -0.4 is 0 Å². The normalized spacial score (nSPS) is 11.9. The molecule has 0 spiro atoms. The fourth-order valence-electron chi connectivity index (χ4n) is 18.5. The molecule has 12 heterocycles. The van der Waals surface area contributed by atoms with Crippen molar-refractivity contribution in [3.05, 3.63) is 389 Å². The molecule has 28 rings (SSSR count). The van der Waals surface area contributed by atoms with Gasteiger partial charge in [-0.05, 0) is 158 Å². The largest absolute Gasteiger partial charge is 0.307 e. The van der Waals surface area contributed by atoms with Crippen LogP contribution in [0.5, 0.6) is 0 Å². The van der Waals surface area contributed by atoms with Crippen LogP contribution in [0, 0.1) is 0 Å². The molecule has 28 aromatic rings. The number of fused-ring (bicyclic) bond motifs is 26. The molecule has 0 radical (unpaired) electrons. The van der Waals surface area contributed by atoms with Crippen molar-refractivity contribution in [2.75, 3.05) is 0 Å². The summed E-state index contributed by atoms with van der Waals surface area (Å²) in [5, 5.41) is 20.6. The molecule has 0 amide bonds. The lowest BCUT2D eigenvalue weighted by molar-refractivity contribution is 0.940. The number of nitrogens with zero attached hydrogens (tertiary/aromatic N) is 12. The average Bonchev–Trinajstić information content (AvgIpc) is 1.57. The number of aromatic nitrogens is 12. The van der Waals surface area contributed by atoms with Crippen molar-refractivity contribution < 1.29 is 0 Å². The smallest absolute Gasteiger partial charge is 0.237 e. The van der Waals surface area contributed by atoms with Gasteiger partial charge in [0.25, 0.3) is 0 Å². The molecule has 0 unspecified atom stereocenters. The third kappa shape index (κ3) is 11.1. The number of hydrogen-bond acceptors (Lipinski definition) is 10. The molecule has 0 fully saturated rings. The maximum Gasteiger partial charge on any atom is 0.237 e. The second-order valence-corrected chi connectivity index (χ2v) is 34.9. The Bertz CT molecular complexity index is 8830. The van der Waals surface area contributed by atoms with Gasteiger partial charge in [0.05, 0.1) is 66.4 Å². The second kappa shape index (κ2) is 28.2. The summed E-state index contributed by atoms with van der Waals surface area (Å²) in [6.45, 7) is 0. The van der Waals surface area contributed by atoms with Crippen LogP contribution in [-0.2, 0) is 0 Å². The Kier molecular flexibility index (Phi) is 16.1. The number of benzene rings is 16. The van der Waals surface area contributed by atoms with E-state index in [0.29, 0.717) is 5.95 Å². The average molecular weight is 1630 g/mol. The molecule has 12 nitrogen and oxygen atoms in total. The predicted molar refractivity (Wildman–Crippen MR) is 515 cm³/mol. The lowest BCUT2D eigenvalue weighted by Crippen LogP contribution is -2.05. The molecule has 16 heteroatoms. The summed E-state index contributed by atoms with van der Waals surface area (Å²) in [6.07, 6.45) is 6.87. The molecule has 572 valence electrons.